The summed E-state index contributed by atoms with van der Waals surface area (Å²) in [6.07, 6.45) is 0. The second kappa shape index (κ2) is 9.07. The molecule has 0 unspecified atom stereocenters. The summed E-state index contributed by atoms with van der Waals surface area (Å²) < 4.78 is 15.2. The summed E-state index contributed by atoms with van der Waals surface area (Å²) in [5.74, 6) is 0.537. The number of benzene rings is 2. The van der Waals surface area contributed by atoms with Crippen molar-refractivity contribution in [2.45, 2.75) is 0 Å². The van der Waals surface area contributed by atoms with Gasteiger partial charge in [-0.3, -0.25) is 5.32 Å². The Balaban J connectivity index is 1.69. The van der Waals surface area contributed by atoms with Crippen molar-refractivity contribution in [2.24, 2.45) is 0 Å². The molecule has 2 amide bonds. The fourth-order valence-corrected chi connectivity index (χ4v) is 3.31. The molecule has 0 aliphatic carbocycles. The molecule has 150 valence electrons. The highest BCUT2D eigenvalue weighted by atomic mass is 32.1. The van der Waals surface area contributed by atoms with Crippen LogP contribution in [0.1, 0.15) is 10.4 Å². The third-order valence-corrected chi connectivity index (χ3v) is 4.74. The molecule has 0 saturated heterocycles. The highest BCUT2D eigenvalue weighted by Crippen LogP contribution is 2.34. The molecule has 0 fully saturated rings. The van der Waals surface area contributed by atoms with E-state index >= 15 is 0 Å². The number of hydrogen-bond donors (Lipinski definition) is 2. The predicted molar refractivity (Wildman–Crippen MR) is 111 cm³/mol. The molecular weight excluding hydrogens is 394 g/mol. The smallest absolute Gasteiger partial charge is 0.337 e. The Morgan fingerprint density at radius 2 is 1.72 bits per heavy atom. The van der Waals surface area contributed by atoms with Gasteiger partial charge in [0.25, 0.3) is 0 Å². The SMILES string of the molecule is COC(=O)c1ccc(-c2csc(NC(=O)Nc3cccc(OC)c3OC)n2)cc1. The van der Waals surface area contributed by atoms with E-state index in [-0.39, 0.29) is 0 Å². The maximum atomic E-state index is 12.3. The van der Waals surface area contributed by atoms with Gasteiger partial charge in [0.15, 0.2) is 16.6 Å². The number of hydrogen-bond acceptors (Lipinski definition) is 7. The molecule has 3 aromatic rings. The van der Waals surface area contributed by atoms with E-state index in [4.69, 9.17) is 9.47 Å². The van der Waals surface area contributed by atoms with E-state index in [0.717, 1.165) is 5.56 Å². The monoisotopic (exact) mass is 413 g/mol. The summed E-state index contributed by atoms with van der Waals surface area (Å²) in [7, 11) is 4.36. The number of anilines is 2. The Morgan fingerprint density at radius 3 is 2.38 bits per heavy atom. The van der Waals surface area contributed by atoms with Crippen LogP contribution >= 0.6 is 11.3 Å². The van der Waals surface area contributed by atoms with Gasteiger partial charge in [0, 0.05) is 10.9 Å². The molecule has 0 spiro atoms. The molecule has 3 rings (SSSR count). The first kappa shape index (κ1) is 20.2. The number of esters is 1. The van der Waals surface area contributed by atoms with Gasteiger partial charge < -0.3 is 19.5 Å². The second-order valence-electron chi connectivity index (χ2n) is 5.73. The van der Waals surface area contributed by atoms with Crippen molar-refractivity contribution in [3.63, 3.8) is 0 Å². The molecule has 8 nitrogen and oxygen atoms in total. The fourth-order valence-electron chi connectivity index (χ4n) is 2.59. The number of nitrogens with one attached hydrogen (secondary N) is 2. The first-order valence-electron chi connectivity index (χ1n) is 8.49. The number of carbonyl (C=O) groups is 2. The second-order valence-corrected chi connectivity index (χ2v) is 6.59. The summed E-state index contributed by atoms with van der Waals surface area (Å²) >= 11 is 1.29. The summed E-state index contributed by atoms with van der Waals surface area (Å²) in [5.41, 5.74) is 2.42. The van der Waals surface area contributed by atoms with E-state index in [0.29, 0.717) is 33.6 Å². The lowest BCUT2D eigenvalue weighted by Gasteiger charge is -2.13. The van der Waals surface area contributed by atoms with Gasteiger partial charge in [-0.15, -0.1) is 11.3 Å². The first-order valence-corrected chi connectivity index (χ1v) is 9.37. The number of nitrogens with zero attached hydrogens (tertiary/aromatic N) is 1. The molecule has 9 heteroatoms. The Kier molecular flexibility index (Phi) is 6.30. The van der Waals surface area contributed by atoms with Crippen molar-refractivity contribution >= 4 is 34.2 Å². The third-order valence-electron chi connectivity index (χ3n) is 3.98. The van der Waals surface area contributed by atoms with E-state index in [2.05, 4.69) is 20.4 Å². The van der Waals surface area contributed by atoms with Crippen LogP contribution in [0.5, 0.6) is 11.5 Å². The molecule has 2 aromatic carbocycles. The number of carbonyl (C=O) groups excluding carboxylic acids is 2. The summed E-state index contributed by atoms with van der Waals surface area (Å²) in [6, 6.07) is 11.6. The van der Waals surface area contributed by atoms with Crippen molar-refractivity contribution in [1.29, 1.82) is 0 Å². The van der Waals surface area contributed by atoms with Crippen LogP contribution in [0.25, 0.3) is 11.3 Å². The van der Waals surface area contributed by atoms with Crippen LogP contribution in [0, 0.1) is 0 Å². The van der Waals surface area contributed by atoms with Crippen molar-refractivity contribution in [1.82, 2.24) is 4.98 Å². The molecule has 1 aromatic heterocycles. The van der Waals surface area contributed by atoms with E-state index in [1.807, 2.05) is 5.38 Å². The number of ether oxygens (including phenoxy) is 3. The predicted octanol–water partition coefficient (Wildman–Crippen LogP) is 4.26. The largest absolute Gasteiger partial charge is 0.493 e. The van der Waals surface area contributed by atoms with Crippen LogP contribution < -0.4 is 20.1 Å². The molecule has 0 aliphatic heterocycles. The Labute approximate surface area is 171 Å². The van der Waals surface area contributed by atoms with Crippen molar-refractivity contribution in [3.05, 3.63) is 53.4 Å². The Bertz CT molecular complexity index is 1020. The summed E-state index contributed by atoms with van der Waals surface area (Å²) in [6.45, 7) is 0. The Hall–Kier alpha value is -3.59. The van der Waals surface area contributed by atoms with Crippen LogP contribution in [0.3, 0.4) is 0 Å². The number of methoxy groups -OCH3 is 3. The first-order chi connectivity index (χ1) is 14.0. The van der Waals surface area contributed by atoms with Gasteiger partial charge in [-0.25, -0.2) is 14.6 Å². The van der Waals surface area contributed by atoms with E-state index in [1.54, 1.807) is 42.5 Å². The molecule has 1 heterocycles. The molecule has 0 atom stereocenters. The standard InChI is InChI=1S/C20H19N3O5S/c1-26-16-6-4-5-14(17(16)27-2)21-19(25)23-20-22-15(11-29-20)12-7-9-13(10-8-12)18(24)28-3/h4-11H,1-3H3,(H2,21,22,23,25). The zero-order chi connectivity index (χ0) is 20.8. The van der Waals surface area contributed by atoms with Crippen molar-refractivity contribution in [3.8, 4) is 22.8 Å². The molecule has 2 N–H and O–H groups in total. The zero-order valence-corrected chi connectivity index (χ0v) is 16.8. The highest BCUT2D eigenvalue weighted by Gasteiger charge is 2.14. The maximum Gasteiger partial charge on any atom is 0.337 e. The number of thiazole rings is 1. The minimum absolute atomic E-state index is 0.401. The van der Waals surface area contributed by atoms with Gasteiger partial charge in [0.2, 0.25) is 0 Å². The highest BCUT2D eigenvalue weighted by molar-refractivity contribution is 7.14. The van der Waals surface area contributed by atoms with Gasteiger partial charge >= 0.3 is 12.0 Å². The molecular formula is C20H19N3O5S. The van der Waals surface area contributed by atoms with Gasteiger partial charge in [-0.1, -0.05) is 18.2 Å². The maximum absolute atomic E-state index is 12.3. The van der Waals surface area contributed by atoms with Crippen molar-refractivity contribution in [2.75, 3.05) is 32.0 Å². The average molecular weight is 413 g/mol. The normalized spacial score (nSPS) is 10.2. The zero-order valence-electron chi connectivity index (χ0n) is 16.0. The van der Waals surface area contributed by atoms with Gasteiger partial charge in [0.1, 0.15) is 0 Å². The molecule has 29 heavy (non-hydrogen) atoms. The van der Waals surface area contributed by atoms with Gasteiger partial charge in [-0.2, -0.15) is 0 Å². The molecule has 0 bridgehead atoms. The number of amides is 2. The van der Waals surface area contributed by atoms with Crippen LogP contribution in [0.2, 0.25) is 0 Å². The Morgan fingerprint density at radius 1 is 0.966 bits per heavy atom. The van der Waals surface area contributed by atoms with Crippen LogP contribution in [-0.2, 0) is 4.74 Å². The lowest BCUT2D eigenvalue weighted by atomic mass is 10.1. The minimum atomic E-state index is -0.460. The van der Waals surface area contributed by atoms with E-state index in [1.165, 1.54) is 32.7 Å². The average Bonchev–Trinajstić information content (AvgIpc) is 3.21. The number of aromatic nitrogens is 1. The van der Waals surface area contributed by atoms with Gasteiger partial charge in [-0.05, 0) is 24.3 Å². The quantitative estimate of drug-likeness (QED) is 0.586. The van der Waals surface area contributed by atoms with E-state index in [9.17, 15) is 9.59 Å². The molecule has 0 saturated carbocycles. The van der Waals surface area contributed by atoms with Crippen LogP contribution in [0.4, 0.5) is 15.6 Å². The third kappa shape index (κ3) is 4.64. The molecule has 0 radical (unpaired) electrons. The summed E-state index contributed by atoms with van der Waals surface area (Å²) in [5, 5.41) is 7.66. The number of urea groups is 1. The molecule has 0 aliphatic rings. The van der Waals surface area contributed by atoms with Gasteiger partial charge in [0.05, 0.1) is 38.3 Å². The lowest BCUT2D eigenvalue weighted by molar-refractivity contribution is 0.0600. The topological polar surface area (TPSA) is 98.8 Å². The lowest BCUT2D eigenvalue weighted by Crippen LogP contribution is -2.19. The van der Waals surface area contributed by atoms with E-state index < -0.39 is 12.0 Å². The fraction of sp³-hybridized carbons (Fsp3) is 0.150. The number of rotatable bonds is 6. The number of para-hydroxylation sites is 1. The van der Waals surface area contributed by atoms with Crippen LogP contribution in [0.15, 0.2) is 47.8 Å². The van der Waals surface area contributed by atoms with Crippen molar-refractivity contribution < 1.29 is 23.8 Å². The summed E-state index contributed by atoms with van der Waals surface area (Å²) in [4.78, 5) is 28.3. The van der Waals surface area contributed by atoms with Crippen LogP contribution in [-0.4, -0.2) is 38.3 Å². The minimum Gasteiger partial charge on any atom is -0.493 e.